The smallest absolute Gasteiger partial charge is 0.307 e. The lowest BCUT2D eigenvalue weighted by Gasteiger charge is -2.19. The Morgan fingerprint density at radius 1 is 0.700 bits per heavy atom. The molecule has 0 aromatic heterocycles. The van der Waals surface area contributed by atoms with Gasteiger partial charge in [-0.25, -0.2) is 0 Å². The summed E-state index contributed by atoms with van der Waals surface area (Å²) in [6.45, 7) is 9.38. The van der Waals surface area contributed by atoms with Gasteiger partial charge in [-0.05, 0) is 38.8 Å². The SMILES string of the molecule is CCC(=O)OCCOCCCCCCOCCOC(=O)CCN(CC)CCCCO. The first-order chi connectivity index (χ1) is 14.6. The summed E-state index contributed by atoms with van der Waals surface area (Å²) in [6.07, 6.45) is 6.61. The lowest BCUT2D eigenvalue weighted by Crippen LogP contribution is -2.28. The summed E-state index contributed by atoms with van der Waals surface area (Å²) in [7, 11) is 0. The van der Waals surface area contributed by atoms with Crippen LogP contribution in [0.1, 0.15) is 65.2 Å². The Hall–Kier alpha value is -1.22. The van der Waals surface area contributed by atoms with Crippen molar-refractivity contribution in [2.75, 3.05) is 65.9 Å². The maximum Gasteiger partial charge on any atom is 0.307 e. The number of esters is 2. The van der Waals surface area contributed by atoms with E-state index in [9.17, 15) is 9.59 Å². The molecule has 0 fully saturated rings. The van der Waals surface area contributed by atoms with Gasteiger partial charge >= 0.3 is 11.9 Å². The number of carbonyl (C=O) groups excluding carboxylic acids is 2. The molecule has 0 atom stereocenters. The van der Waals surface area contributed by atoms with Crippen molar-refractivity contribution in [1.82, 2.24) is 4.90 Å². The molecule has 0 amide bonds. The lowest BCUT2D eigenvalue weighted by molar-refractivity contribution is -0.146. The van der Waals surface area contributed by atoms with Crippen molar-refractivity contribution >= 4 is 11.9 Å². The van der Waals surface area contributed by atoms with Gasteiger partial charge in [0.05, 0.1) is 19.6 Å². The summed E-state index contributed by atoms with van der Waals surface area (Å²) in [5.74, 6) is -0.384. The molecule has 0 unspecified atom stereocenters. The minimum Gasteiger partial charge on any atom is -0.463 e. The van der Waals surface area contributed by atoms with E-state index in [0.717, 1.165) is 51.6 Å². The first-order valence-corrected chi connectivity index (χ1v) is 11.4. The number of aliphatic hydroxyl groups excluding tert-OH is 1. The van der Waals surface area contributed by atoms with E-state index in [1.54, 1.807) is 6.92 Å². The highest BCUT2D eigenvalue weighted by Crippen LogP contribution is 2.01. The van der Waals surface area contributed by atoms with Gasteiger partial charge in [-0.2, -0.15) is 0 Å². The van der Waals surface area contributed by atoms with Gasteiger partial charge in [0.15, 0.2) is 0 Å². The molecular formula is C22H43NO7. The topological polar surface area (TPSA) is 94.5 Å². The highest BCUT2D eigenvalue weighted by molar-refractivity contribution is 5.69. The first kappa shape index (κ1) is 28.8. The molecule has 0 spiro atoms. The van der Waals surface area contributed by atoms with Crippen LogP contribution in [0.15, 0.2) is 0 Å². The molecule has 0 saturated carbocycles. The molecule has 0 rings (SSSR count). The molecule has 0 saturated heterocycles. The molecule has 30 heavy (non-hydrogen) atoms. The monoisotopic (exact) mass is 433 g/mol. The second-order valence-electron chi connectivity index (χ2n) is 7.05. The Labute approximate surface area is 182 Å². The highest BCUT2D eigenvalue weighted by atomic mass is 16.6. The summed E-state index contributed by atoms with van der Waals surface area (Å²) < 4.78 is 21.0. The first-order valence-electron chi connectivity index (χ1n) is 11.4. The fourth-order valence-corrected chi connectivity index (χ4v) is 2.69. The van der Waals surface area contributed by atoms with E-state index >= 15 is 0 Å². The van der Waals surface area contributed by atoms with Gasteiger partial charge in [0, 0.05) is 32.8 Å². The van der Waals surface area contributed by atoms with Crippen LogP contribution in [0.25, 0.3) is 0 Å². The van der Waals surface area contributed by atoms with Gasteiger partial charge in [-0.3, -0.25) is 9.59 Å². The molecule has 0 aliphatic rings. The lowest BCUT2D eigenvalue weighted by atomic mass is 10.2. The minimum absolute atomic E-state index is 0.191. The molecule has 0 aliphatic heterocycles. The van der Waals surface area contributed by atoms with E-state index < -0.39 is 0 Å². The third kappa shape index (κ3) is 20.1. The number of carbonyl (C=O) groups is 2. The van der Waals surface area contributed by atoms with Gasteiger partial charge in [-0.1, -0.05) is 26.7 Å². The summed E-state index contributed by atoms with van der Waals surface area (Å²) in [6, 6.07) is 0. The van der Waals surface area contributed by atoms with Crippen LogP contribution < -0.4 is 0 Å². The molecular weight excluding hydrogens is 390 g/mol. The summed E-state index contributed by atoms with van der Waals surface area (Å²) >= 11 is 0. The molecule has 0 radical (unpaired) electrons. The van der Waals surface area contributed by atoms with Crippen molar-refractivity contribution in [3.05, 3.63) is 0 Å². The van der Waals surface area contributed by atoms with Gasteiger partial charge < -0.3 is 29.0 Å². The van der Waals surface area contributed by atoms with Crippen LogP contribution in [0.4, 0.5) is 0 Å². The standard InChI is InChI=1S/C22H43NO7/c1-3-21(25)29-19-17-27-15-9-5-6-10-16-28-18-20-30-22(26)11-13-23(4-2)12-7-8-14-24/h24H,3-20H2,1-2H3. The Balaban J connectivity index is 3.33. The van der Waals surface area contributed by atoms with Crippen LogP contribution in [-0.4, -0.2) is 87.8 Å². The van der Waals surface area contributed by atoms with Crippen molar-refractivity contribution in [1.29, 1.82) is 0 Å². The Morgan fingerprint density at radius 3 is 1.83 bits per heavy atom. The van der Waals surface area contributed by atoms with Crippen LogP contribution in [0, 0.1) is 0 Å². The van der Waals surface area contributed by atoms with E-state index in [1.807, 2.05) is 0 Å². The van der Waals surface area contributed by atoms with E-state index in [4.69, 9.17) is 24.1 Å². The van der Waals surface area contributed by atoms with Crippen LogP contribution in [-0.2, 0) is 28.5 Å². The van der Waals surface area contributed by atoms with Crippen LogP contribution in [0.2, 0.25) is 0 Å². The number of hydrogen-bond donors (Lipinski definition) is 1. The third-order valence-corrected chi connectivity index (χ3v) is 4.56. The number of aliphatic hydroxyl groups is 1. The quantitative estimate of drug-likeness (QED) is 0.206. The van der Waals surface area contributed by atoms with E-state index in [1.165, 1.54) is 0 Å². The summed E-state index contributed by atoms with van der Waals surface area (Å²) in [5.41, 5.74) is 0. The van der Waals surface area contributed by atoms with Crippen molar-refractivity contribution in [2.24, 2.45) is 0 Å². The zero-order chi connectivity index (χ0) is 22.3. The molecule has 8 heteroatoms. The predicted molar refractivity (Wildman–Crippen MR) is 115 cm³/mol. The Kier molecular flexibility index (Phi) is 21.6. The molecule has 0 aromatic carbocycles. The Morgan fingerprint density at radius 2 is 1.30 bits per heavy atom. The molecule has 0 aromatic rings. The van der Waals surface area contributed by atoms with E-state index in [-0.39, 0.29) is 18.5 Å². The summed E-state index contributed by atoms with van der Waals surface area (Å²) in [4.78, 5) is 24.9. The van der Waals surface area contributed by atoms with Crippen molar-refractivity contribution in [2.45, 2.75) is 65.2 Å². The fourth-order valence-electron chi connectivity index (χ4n) is 2.69. The third-order valence-electron chi connectivity index (χ3n) is 4.56. The largest absolute Gasteiger partial charge is 0.463 e. The van der Waals surface area contributed by atoms with Gasteiger partial charge in [0.1, 0.15) is 13.2 Å². The molecule has 0 bridgehead atoms. The van der Waals surface area contributed by atoms with Crippen molar-refractivity contribution in [3.63, 3.8) is 0 Å². The van der Waals surface area contributed by atoms with E-state index in [2.05, 4.69) is 11.8 Å². The maximum absolute atomic E-state index is 11.8. The molecule has 0 heterocycles. The molecule has 8 nitrogen and oxygen atoms in total. The average Bonchev–Trinajstić information content (AvgIpc) is 2.76. The number of nitrogens with zero attached hydrogens (tertiary/aromatic N) is 1. The van der Waals surface area contributed by atoms with Gasteiger partial charge in [0.25, 0.3) is 0 Å². The number of hydrogen-bond acceptors (Lipinski definition) is 8. The summed E-state index contributed by atoms with van der Waals surface area (Å²) in [5, 5.41) is 8.82. The minimum atomic E-state index is -0.193. The average molecular weight is 434 g/mol. The van der Waals surface area contributed by atoms with Crippen LogP contribution in [0.3, 0.4) is 0 Å². The maximum atomic E-state index is 11.8. The highest BCUT2D eigenvalue weighted by Gasteiger charge is 2.07. The molecule has 178 valence electrons. The zero-order valence-electron chi connectivity index (χ0n) is 19.1. The molecule has 0 aliphatic carbocycles. The van der Waals surface area contributed by atoms with Crippen LogP contribution >= 0.6 is 0 Å². The number of ether oxygens (including phenoxy) is 4. The zero-order valence-corrected chi connectivity index (χ0v) is 19.1. The fraction of sp³-hybridized carbons (Fsp3) is 0.909. The predicted octanol–water partition coefficient (Wildman–Crippen LogP) is 2.56. The van der Waals surface area contributed by atoms with Crippen molar-refractivity contribution < 1.29 is 33.6 Å². The van der Waals surface area contributed by atoms with Crippen molar-refractivity contribution in [3.8, 4) is 0 Å². The Bertz CT molecular complexity index is 407. The van der Waals surface area contributed by atoms with Gasteiger partial charge in [-0.15, -0.1) is 0 Å². The second kappa shape index (κ2) is 22.5. The second-order valence-corrected chi connectivity index (χ2v) is 7.05. The van der Waals surface area contributed by atoms with Crippen LogP contribution in [0.5, 0.6) is 0 Å². The van der Waals surface area contributed by atoms with Gasteiger partial charge in [0.2, 0.25) is 0 Å². The normalized spacial score (nSPS) is 11.1. The molecule has 1 N–H and O–H groups in total. The van der Waals surface area contributed by atoms with E-state index in [0.29, 0.717) is 59.0 Å². The number of rotatable bonds is 22. The number of unbranched alkanes of at least 4 members (excludes halogenated alkanes) is 4.